The average Bonchev–Trinajstić information content (AvgIpc) is 3.16. The molecule has 0 fully saturated rings. The van der Waals surface area contributed by atoms with E-state index in [0.717, 1.165) is 22.3 Å². The number of hydrogen-bond acceptors (Lipinski definition) is 4. The van der Waals surface area contributed by atoms with Crippen LogP contribution in [0.25, 0.3) is 11.1 Å². The second-order valence-electron chi connectivity index (χ2n) is 8.36. The highest BCUT2D eigenvalue weighted by atomic mass is 16.5. The number of benzene rings is 3. The number of carboxylic acids is 1. The smallest absolute Gasteiger partial charge is 0.407 e. The van der Waals surface area contributed by atoms with Crippen molar-refractivity contribution in [3.63, 3.8) is 0 Å². The maximum Gasteiger partial charge on any atom is 0.407 e. The molecule has 1 aliphatic rings. The predicted molar refractivity (Wildman–Crippen MR) is 129 cm³/mol. The van der Waals surface area contributed by atoms with Crippen molar-refractivity contribution in [3.8, 4) is 11.1 Å². The zero-order chi connectivity index (χ0) is 24.2. The van der Waals surface area contributed by atoms with E-state index < -0.39 is 29.9 Å². The molecule has 0 aromatic heterocycles. The number of carbonyl (C=O) groups is 3. The largest absolute Gasteiger partial charge is 0.481 e. The van der Waals surface area contributed by atoms with Crippen LogP contribution >= 0.6 is 0 Å². The van der Waals surface area contributed by atoms with Gasteiger partial charge in [-0.3, -0.25) is 9.59 Å². The molecule has 2 atom stereocenters. The number of amides is 2. The summed E-state index contributed by atoms with van der Waals surface area (Å²) in [6.07, 6.45) is -0.671. The SMILES string of the molecule is CC(NC(=O)OCC1c2ccccc2-c2ccccc21)C(=O)Nc1ccc(C(C)C(=O)O)cc1. The maximum atomic E-state index is 12.5. The van der Waals surface area contributed by atoms with Crippen molar-refractivity contribution in [3.05, 3.63) is 89.5 Å². The van der Waals surface area contributed by atoms with Gasteiger partial charge in [0.25, 0.3) is 0 Å². The van der Waals surface area contributed by atoms with Crippen LogP contribution in [0.3, 0.4) is 0 Å². The molecule has 7 nitrogen and oxygen atoms in total. The molecule has 0 spiro atoms. The highest BCUT2D eigenvalue weighted by Crippen LogP contribution is 2.44. The second-order valence-corrected chi connectivity index (χ2v) is 8.36. The fraction of sp³-hybridized carbons (Fsp3) is 0.222. The fourth-order valence-electron chi connectivity index (χ4n) is 4.13. The lowest BCUT2D eigenvalue weighted by Crippen LogP contribution is -2.42. The normalized spacial score (nSPS) is 13.8. The summed E-state index contributed by atoms with van der Waals surface area (Å²) in [4.78, 5) is 36.0. The van der Waals surface area contributed by atoms with E-state index in [-0.39, 0.29) is 12.5 Å². The average molecular weight is 459 g/mol. The monoisotopic (exact) mass is 458 g/mol. The van der Waals surface area contributed by atoms with Crippen LogP contribution in [0.2, 0.25) is 0 Å². The molecular formula is C27H26N2O5. The first kappa shape index (κ1) is 23.0. The maximum absolute atomic E-state index is 12.5. The summed E-state index contributed by atoms with van der Waals surface area (Å²) in [6.45, 7) is 3.32. The van der Waals surface area contributed by atoms with Crippen molar-refractivity contribution in [2.75, 3.05) is 11.9 Å². The minimum Gasteiger partial charge on any atom is -0.481 e. The van der Waals surface area contributed by atoms with Gasteiger partial charge in [0.2, 0.25) is 5.91 Å². The summed E-state index contributed by atoms with van der Waals surface area (Å²) >= 11 is 0. The zero-order valence-electron chi connectivity index (χ0n) is 18.9. The molecule has 3 N–H and O–H groups in total. The molecule has 2 unspecified atom stereocenters. The molecule has 3 aromatic carbocycles. The lowest BCUT2D eigenvalue weighted by molar-refractivity contribution is -0.138. The van der Waals surface area contributed by atoms with Gasteiger partial charge in [-0.2, -0.15) is 0 Å². The van der Waals surface area contributed by atoms with Crippen LogP contribution < -0.4 is 10.6 Å². The van der Waals surface area contributed by atoms with Gasteiger partial charge in [-0.05, 0) is 53.8 Å². The minimum absolute atomic E-state index is 0.0611. The third kappa shape index (κ3) is 4.78. The highest BCUT2D eigenvalue weighted by molar-refractivity contribution is 5.96. The second kappa shape index (κ2) is 9.79. The standard InChI is InChI=1S/C27H26N2O5/c1-16(26(31)32)18-11-13-19(14-12-18)29-25(30)17(2)28-27(33)34-15-24-22-9-5-3-7-20(22)21-8-4-6-10-23(21)24/h3-14,16-17,24H,15H2,1-2H3,(H,28,33)(H,29,30)(H,31,32). The van der Waals surface area contributed by atoms with Crippen LogP contribution in [-0.2, 0) is 14.3 Å². The summed E-state index contributed by atoms with van der Waals surface area (Å²) in [5.41, 5.74) is 5.65. The summed E-state index contributed by atoms with van der Waals surface area (Å²) in [5.74, 6) is -2.03. The third-order valence-electron chi connectivity index (χ3n) is 6.12. The van der Waals surface area contributed by atoms with Crippen molar-refractivity contribution < 1.29 is 24.2 Å². The van der Waals surface area contributed by atoms with Crippen molar-refractivity contribution in [2.24, 2.45) is 0 Å². The van der Waals surface area contributed by atoms with Crippen LogP contribution in [0.15, 0.2) is 72.8 Å². The first-order valence-corrected chi connectivity index (χ1v) is 11.1. The third-order valence-corrected chi connectivity index (χ3v) is 6.12. The van der Waals surface area contributed by atoms with Gasteiger partial charge in [0, 0.05) is 11.6 Å². The van der Waals surface area contributed by atoms with Crippen molar-refractivity contribution in [2.45, 2.75) is 31.7 Å². The van der Waals surface area contributed by atoms with Crippen LogP contribution in [0, 0.1) is 0 Å². The molecule has 0 radical (unpaired) electrons. The van der Waals surface area contributed by atoms with E-state index in [4.69, 9.17) is 9.84 Å². The van der Waals surface area contributed by atoms with Gasteiger partial charge >= 0.3 is 12.1 Å². The predicted octanol–water partition coefficient (Wildman–Crippen LogP) is 4.74. The van der Waals surface area contributed by atoms with Gasteiger partial charge in [0.05, 0.1) is 5.92 Å². The van der Waals surface area contributed by atoms with Crippen LogP contribution in [0.5, 0.6) is 0 Å². The number of aliphatic carboxylic acids is 1. The van der Waals surface area contributed by atoms with Crippen molar-refractivity contribution >= 4 is 23.7 Å². The Balaban J connectivity index is 1.32. The Morgan fingerprint density at radius 1 is 0.882 bits per heavy atom. The summed E-state index contributed by atoms with van der Waals surface area (Å²) in [6, 6.07) is 21.9. The Labute approximate surface area is 197 Å². The Morgan fingerprint density at radius 3 is 2.00 bits per heavy atom. The Hall–Kier alpha value is -4.13. The first-order chi connectivity index (χ1) is 16.3. The first-order valence-electron chi connectivity index (χ1n) is 11.1. The molecule has 1 aliphatic carbocycles. The molecule has 7 heteroatoms. The molecule has 0 heterocycles. The number of fused-ring (bicyclic) bond motifs is 3. The van der Waals surface area contributed by atoms with Gasteiger partial charge in [-0.1, -0.05) is 60.7 Å². The number of carbonyl (C=O) groups excluding carboxylic acids is 2. The lowest BCUT2D eigenvalue weighted by atomic mass is 9.98. The van der Waals surface area contributed by atoms with Crippen LogP contribution in [0.1, 0.15) is 42.4 Å². The van der Waals surface area contributed by atoms with Gasteiger partial charge in [0.1, 0.15) is 12.6 Å². The molecule has 34 heavy (non-hydrogen) atoms. The summed E-state index contributed by atoms with van der Waals surface area (Å²) in [5, 5.41) is 14.4. The molecule has 0 saturated heterocycles. The number of nitrogens with one attached hydrogen (secondary N) is 2. The van der Waals surface area contributed by atoms with Gasteiger partial charge in [0.15, 0.2) is 0 Å². The van der Waals surface area contributed by atoms with Crippen molar-refractivity contribution in [1.82, 2.24) is 5.32 Å². The zero-order valence-corrected chi connectivity index (χ0v) is 18.9. The van der Waals surface area contributed by atoms with E-state index in [2.05, 4.69) is 22.8 Å². The van der Waals surface area contributed by atoms with E-state index in [1.807, 2.05) is 36.4 Å². The van der Waals surface area contributed by atoms with Gasteiger partial charge in [-0.25, -0.2) is 4.79 Å². The number of alkyl carbamates (subject to hydrolysis) is 1. The molecule has 0 aliphatic heterocycles. The quantitative estimate of drug-likeness (QED) is 0.474. The fourth-order valence-corrected chi connectivity index (χ4v) is 4.13. The molecule has 174 valence electrons. The number of anilines is 1. The van der Waals surface area contributed by atoms with Crippen LogP contribution in [0.4, 0.5) is 10.5 Å². The molecule has 0 bridgehead atoms. The van der Waals surface area contributed by atoms with Gasteiger partial charge in [-0.15, -0.1) is 0 Å². The molecular weight excluding hydrogens is 432 g/mol. The number of rotatable bonds is 7. The number of hydrogen-bond donors (Lipinski definition) is 3. The summed E-state index contributed by atoms with van der Waals surface area (Å²) in [7, 11) is 0. The Kier molecular flexibility index (Phi) is 6.63. The molecule has 4 rings (SSSR count). The number of carboxylic acid groups (broad SMARTS) is 1. The minimum atomic E-state index is -0.919. The molecule has 0 saturated carbocycles. The van der Waals surface area contributed by atoms with E-state index in [9.17, 15) is 14.4 Å². The van der Waals surface area contributed by atoms with Crippen molar-refractivity contribution in [1.29, 1.82) is 0 Å². The topological polar surface area (TPSA) is 105 Å². The van der Waals surface area contributed by atoms with E-state index in [0.29, 0.717) is 11.3 Å². The van der Waals surface area contributed by atoms with E-state index >= 15 is 0 Å². The Morgan fingerprint density at radius 2 is 1.44 bits per heavy atom. The lowest BCUT2D eigenvalue weighted by Gasteiger charge is -2.17. The van der Waals surface area contributed by atoms with E-state index in [1.54, 1.807) is 38.1 Å². The highest BCUT2D eigenvalue weighted by Gasteiger charge is 2.29. The Bertz CT molecular complexity index is 1180. The summed E-state index contributed by atoms with van der Waals surface area (Å²) < 4.78 is 5.49. The number of ether oxygens (including phenoxy) is 1. The van der Waals surface area contributed by atoms with E-state index in [1.165, 1.54) is 0 Å². The van der Waals surface area contributed by atoms with Crippen LogP contribution in [-0.4, -0.2) is 35.7 Å². The molecule has 2 amide bonds. The molecule has 3 aromatic rings. The van der Waals surface area contributed by atoms with Gasteiger partial charge < -0.3 is 20.5 Å².